The third-order valence-electron chi connectivity index (χ3n) is 3.99. The van der Waals surface area contributed by atoms with Crippen LogP contribution in [0.3, 0.4) is 0 Å². The minimum Gasteiger partial charge on any atom is -0.494 e. The van der Waals surface area contributed by atoms with Gasteiger partial charge in [-0.2, -0.15) is 5.10 Å². The number of aromatic nitrogens is 3. The molecule has 0 fully saturated rings. The Morgan fingerprint density at radius 1 is 1.19 bits per heavy atom. The van der Waals surface area contributed by atoms with E-state index in [9.17, 15) is 4.79 Å². The molecule has 27 heavy (non-hydrogen) atoms. The van der Waals surface area contributed by atoms with Gasteiger partial charge in [-0.25, -0.2) is 0 Å². The van der Waals surface area contributed by atoms with Gasteiger partial charge in [0.15, 0.2) is 10.6 Å². The van der Waals surface area contributed by atoms with Gasteiger partial charge in [0.2, 0.25) is 5.91 Å². The molecule has 7 heteroatoms. The number of hydrogen-bond acceptors (Lipinski definition) is 4. The maximum atomic E-state index is 12.5. The van der Waals surface area contributed by atoms with Gasteiger partial charge in [0.1, 0.15) is 12.3 Å². The summed E-state index contributed by atoms with van der Waals surface area (Å²) < 4.78 is 7.54. The number of nitrogens with one attached hydrogen (secondary N) is 2. The molecular weight excluding hydrogens is 360 g/mol. The molecule has 0 saturated heterocycles. The summed E-state index contributed by atoms with van der Waals surface area (Å²) in [6.07, 6.45) is 0. The van der Waals surface area contributed by atoms with Crippen molar-refractivity contribution < 1.29 is 9.53 Å². The van der Waals surface area contributed by atoms with Crippen molar-refractivity contribution in [1.29, 1.82) is 0 Å². The quantitative estimate of drug-likeness (QED) is 0.625. The molecule has 0 spiro atoms. The highest BCUT2D eigenvalue weighted by Gasteiger charge is 2.13. The number of carbonyl (C=O) groups is 1. The molecule has 0 unspecified atom stereocenters. The van der Waals surface area contributed by atoms with Gasteiger partial charge < -0.3 is 10.1 Å². The Labute approximate surface area is 163 Å². The van der Waals surface area contributed by atoms with Crippen LogP contribution in [0.15, 0.2) is 42.5 Å². The minimum absolute atomic E-state index is 0.0743. The summed E-state index contributed by atoms with van der Waals surface area (Å²) in [5.74, 6) is 1.23. The van der Waals surface area contributed by atoms with E-state index in [0.29, 0.717) is 17.2 Å². The second-order valence-electron chi connectivity index (χ2n) is 6.32. The van der Waals surface area contributed by atoms with Crippen LogP contribution in [0, 0.1) is 18.6 Å². The zero-order chi connectivity index (χ0) is 19.4. The summed E-state index contributed by atoms with van der Waals surface area (Å²) in [7, 11) is 0. The van der Waals surface area contributed by atoms with Gasteiger partial charge >= 0.3 is 0 Å². The van der Waals surface area contributed by atoms with Gasteiger partial charge in [-0.3, -0.25) is 14.5 Å². The number of amides is 1. The molecule has 0 aliphatic rings. The number of carbonyl (C=O) groups excluding carboxylic acids is 1. The Hall–Kier alpha value is -2.93. The third kappa shape index (κ3) is 4.62. The molecule has 140 valence electrons. The largest absolute Gasteiger partial charge is 0.494 e. The van der Waals surface area contributed by atoms with Gasteiger partial charge in [-0.15, -0.1) is 0 Å². The van der Waals surface area contributed by atoms with E-state index in [1.807, 2.05) is 57.2 Å². The van der Waals surface area contributed by atoms with E-state index in [1.54, 1.807) is 4.57 Å². The summed E-state index contributed by atoms with van der Waals surface area (Å²) in [5, 5.41) is 9.97. The van der Waals surface area contributed by atoms with Gasteiger partial charge in [-0.1, -0.05) is 6.07 Å². The van der Waals surface area contributed by atoms with Gasteiger partial charge in [0, 0.05) is 11.3 Å². The Kier molecular flexibility index (Phi) is 5.71. The van der Waals surface area contributed by atoms with Crippen LogP contribution < -0.4 is 10.1 Å². The van der Waals surface area contributed by atoms with E-state index in [1.165, 1.54) is 0 Å². The molecular formula is C20H22N4O2S. The van der Waals surface area contributed by atoms with Gasteiger partial charge in [0.25, 0.3) is 0 Å². The molecule has 0 aliphatic heterocycles. The summed E-state index contributed by atoms with van der Waals surface area (Å²) in [6, 6.07) is 13.5. The first-order valence-electron chi connectivity index (χ1n) is 8.73. The predicted molar refractivity (Wildman–Crippen MR) is 109 cm³/mol. The lowest BCUT2D eigenvalue weighted by molar-refractivity contribution is -0.116. The molecule has 1 aromatic heterocycles. The lowest BCUT2D eigenvalue weighted by Gasteiger charge is -2.10. The first-order chi connectivity index (χ1) is 13.0. The van der Waals surface area contributed by atoms with Crippen LogP contribution >= 0.6 is 12.2 Å². The molecule has 3 rings (SSSR count). The smallest absolute Gasteiger partial charge is 0.244 e. The molecule has 0 atom stereocenters. The Bertz CT molecular complexity index is 985. The minimum atomic E-state index is -0.162. The summed E-state index contributed by atoms with van der Waals surface area (Å²) >= 11 is 5.31. The summed E-state index contributed by atoms with van der Waals surface area (Å²) in [6.45, 7) is 6.62. The van der Waals surface area contributed by atoms with Crippen molar-refractivity contribution in [3.8, 4) is 17.1 Å². The van der Waals surface area contributed by atoms with Gasteiger partial charge in [-0.05, 0) is 80.5 Å². The molecule has 2 N–H and O–H groups in total. The van der Waals surface area contributed by atoms with Crippen LogP contribution in [0.4, 0.5) is 5.69 Å². The lowest BCUT2D eigenvalue weighted by Crippen LogP contribution is -2.19. The predicted octanol–water partition coefficient (Wildman–Crippen LogP) is 4.26. The van der Waals surface area contributed by atoms with E-state index in [2.05, 4.69) is 21.6 Å². The highest BCUT2D eigenvalue weighted by Crippen LogP contribution is 2.21. The zero-order valence-electron chi connectivity index (χ0n) is 15.6. The number of anilines is 1. The van der Waals surface area contributed by atoms with Crippen LogP contribution in [0.5, 0.6) is 5.75 Å². The van der Waals surface area contributed by atoms with Crippen LogP contribution in [0.2, 0.25) is 0 Å². The lowest BCUT2D eigenvalue weighted by atomic mass is 10.1. The highest BCUT2D eigenvalue weighted by atomic mass is 32.1. The molecule has 0 radical (unpaired) electrons. The number of hydrogen-bond donors (Lipinski definition) is 2. The van der Waals surface area contributed by atoms with Crippen molar-refractivity contribution in [2.75, 3.05) is 11.9 Å². The van der Waals surface area contributed by atoms with Crippen molar-refractivity contribution in [2.24, 2.45) is 0 Å². The number of aromatic amines is 1. The summed E-state index contributed by atoms with van der Waals surface area (Å²) in [4.78, 5) is 12.5. The zero-order valence-corrected chi connectivity index (χ0v) is 16.4. The fourth-order valence-corrected chi connectivity index (χ4v) is 3.14. The molecule has 0 bridgehead atoms. The number of ether oxygens (including phenoxy) is 1. The van der Waals surface area contributed by atoms with Crippen molar-refractivity contribution in [3.05, 3.63) is 58.4 Å². The SMILES string of the molecule is CCOc1ccc(-c2n[nH]c(=S)n2CC(=O)Nc2cc(C)cc(C)c2)cc1. The second-order valence-corrected chi connectivity index (χ2v) is 6.71. The normalized spacial score (nSPS) is 10.6. The summed E-state index contributed by atoms with van der Waals surface area (Å²) in [5.41, 5.74) is 3.82. The monoisotopic (exact) mass is 382 g/mol. The van der Waals surface area contributed by atoms with Crippen molar-refractivity contribution in [3.63, 3.8) is 0 Å². The maximum Gasteiger partial charge on any atom is 0.244 e. The fraction of sp³-hybridized carbons (Fsp3) is 0.250. The van der Waals surface area contributed by atoms with E-state index >= 15 is 0 Å². The third-order valence-corrected chi connectivity index (χ3v) is 4.30. The van der Waals surface area contributed by atoms with E-state index < -0.39 is 0 Å². The number of nitrogens with zero attached hydrogens (tertiary/aromatic N) is 2. The Morgan fingerprint density at radius 2 is 1.85 bits per heavy atom. The van der Waals surface area contributed by atoms with Crippen LogP contribution in [-0.4, -0.2) is 27.3 Å². The average molecular weight is 382 g/mol. The molecule has 0 saturated carbocycles. The molecule has 1 heterocycles. The average Bonchev–Trinajstić information content (AvgIpc) is 2.95. The highest BCUT2D eigenvalue weighted by molar-refractivity contribution is 7.71. The molecule has 1 amide bonds. The van der Waals surface area contributed by atoms with E-state index in [4.69, 9.17) is 17.0 Å². The number of H-pyrrole nitrogens is 1. The molecule has 3 aromatic rings. The Morgan fingerprint density at radius 3 is 2.48 bits per heavy atom. The molecule has 6 nitrogen and oxygen atoms in total. The van der Waals surface area contributed by atoms with Crippen molar-refractivity contribution in [1.82, 2.24) is 14.8 Å². The van der Waals surface area contributed by atoms with Crippen LogP contribution in [0.1, 0.15) is 18.1 Å². The number of rotatable bonds is 6. The number of benzene rings is 2. The standard InChI is InChI=1S/C20H22N4O2S/c1-4-26-17-7-5-15(6-8-17)19-22-23-20(27)24(19)12-18(25)21-16-10-13(2)9-14(3)11-16/h5-11H,4,12H2,1-3H3,(H,21,25)(H,23,27). The van der Waals surface area contributed by atoms with Crippen LogP contribution in [0.25, 0.3) is 11.4 Å². The number of aryl methyl sites for hydroxylation is 2. The second kappa shape index (κ2) is 8.18. The van der Waals surface area contributed by atoms with Crippen LogP contribution in [-0.2, 0) is 11.3 Å². The Balaban J connectivity index is 1.80. The molecule has 2 aromatic carbocycles. The first-order valence-corrected chi connectivity index (χ1v) is 9.13. The van der Waals surface area contributed by atoms with Crippen molar-refractivity contribution in [2.45, 2.75) is 27.3 Å². The van der Waals surface area contributed by atoms with E-state index in [0.717, 1.165) is 28.1 Å². The first kappa shape index (κ1) is 18.8. The molecule has 0 aliphatic carbocycles. The maximum absolute atomic E-state index is 12.5. The van der Waals surface area contributed by atoms with Crippen molar-refractivity contribution >= 4 is 23.8 Å². The van der Waals surface area contributed by atoms with Gasteiger partial charge in [0.05, 0.1) is 6.61 Å². The van der Waals surface area contributed by atoms with E-state index in [-0.39, 0.29) is 12.5 Å². The topological polar surface area (TPSA) is 71.9 Å². The fourth-order valence-electron chi connectivity index (χ4n) is 2.94.